The van der Waals surface area contributed by atoms with Crippen LogP contribution in [0.5, 0.6) is 0 Å². The summed E-state index contributed by atoms with van der Waals surface area (Å²) in [6.45, 7) is 11.8. The van der Waals surface area contributed by atoms with Gasteiger partial charge in [0.15, 0.2) is 0 Å². The molecular formula is C53H42. The Kier molecular flexibility index (Phi) is 6.22. The van der Waals surface area contributed by atoms with Crippen molar-refractivity contribution in [3.05, 3.63) is 196 Å². The van der Waals surface area contributed by atoms with Crippen molar-refractivity contribution in [2.75, 3.05) is 0 Å². The first-order valence-electron chi connectivity index (χ1n) is 19.2. The number of benzene rings is 6. The molecular weight excluding hydrogens is 637 g/mol. The average molecular weight is 679 g/mol. The van der Waals surface area contributed by atoms with Gasteiger partial charge in [-0.05, 0) is 128 Å². The summed E-state index contributed by atoms with van der Waals surface area (Å²) in [7, 11) is 0. The van der Waals surface area contributed by atoms with Crippen LogP contribution < -0.4 is 0 Å². The minimum Gasteiger partial charge on any atom is -0.0616 e. The van der Waals surface area contributed by atoms with Crippen LogP contribution in [0.15, 0.2) is 180 Å². The van der Waals surface area contributed by atoms with E-state index in [4.69, 9.17) is 0 Å². The Bertz CT molecular complexity index is 2880. The van der Waals surface area contributed by atoms with Crippen LogP contribution in [0.4, 0.5) is 0 Å². The van der Waals surface area contributed by atoms with Crippen LogP contribution in [0.2, 0.25) is 0 Å². The summed E-state index contributed by atoms with van der Waals surface area (Å²) in [5, 5.41) is 7.85. The minimum atomic E-state index is -0.0987. The van der Waals surface area contributed by atoms with E-state index in [1.165, 1.54) is 105 Å². The number of hydrogen-bond donors (Lipinski definition) is 0. The topological polar surface area (TPSA) is 0 Å². The molecule has 0 saturated carbocycles. The van der Waals surface area contributed by atoms with Gasteiger partial charge in [-0.3, -0.25) is 0 Å². The predicted molar refractivity (Wildman–Crippen MR) is 226 cm³/mol. The van der Waals surface area contributed by atoms with Gasteiger partial charge in [0, 0.05) is 17.3 Å². The Morgan fingerprint density at radius 2 is 1.17 bits per heavy atom. The van der Waals surface area contributed by atoms with E-state index in [1.807, 2.05) is 0 Å². The van der Waals surface area contributed by atoms with Crippen LogP contribution >= 0.6 is 0 Å². The van der Waals surface area contributed by atoms with E-state index in [1.54, 1.807) is 0 Å². The van der Waals surface area contributed by atoms with Crippen molar-refractivity contribution in [2.45, 2.75) is 40.0 Å². The summed E-state index contributed by atoms with van der Waals surface area (Å²) >= 11 is 0. The third-order valence-corrected chi connectivity index (χ3v) is 13.0. The normalized spacial score (nSPS) is 20.5. The lowest BCUT2D eigenvalue weighted by atomic mass is 9.61. The quantitative estimate of drug-likeness (QED) is 0.171. The van der Waals surface area contributed by atoms with Gasteiger partial charge >= 0.3 is 0 Å². The largest absolute Gasteiger partial charge is 0.0616 e. The van der Waals surface area contributed by atoms with Crippen molar-refractivity contribution in [3.63, 3.8) is 0 Å². The fourth-order valence-corrected chi connectivity index (χ4v) is 10.2. The summed E-state index contributed by atoms with van der Waals surface area (Å²) in [6.07, 6.45) is 19.1. The second-order valence-corrected chi connectivity index (χ2v) is 17.3. The molecule has 5 aliphatic carbocycles. The molecule has 6 aromatic carbocycles. The summed E-state index contributed by atoms with van der Waals surface area (Å²) < 4.78 is 0. The summed E-state index contributed by atoms with van der Waals surface area (Å²) in [6, 6.07) is 39.3. The average Bonchev–Trinajstić information content (AvgIpc) is 3.41. The van der Waals surface area contributed by atoms with Crippen molar-refractivity contribution >= 4 is 37.9 Å². The molecule has 0 bridgehead atoms. The first kappa shape index (κ1) is 30.9. The zero-order chi connectivity index (χ0) is 35.8. The van der Waals surface area contributed by atoms with E-state index in [0.717, 1.165) is 0 Å². The van der Waals surface area contributed by atoms with Crippen LogP contribution in [0.1, 0.15) is 51.3 Å². The van der Waals surface area contributed by atoms with Gasteiger partial charge < -0.3 is 0 Å². The lowest BCUT2D eigenvalue weighted by Gasteiger charge is -2.42. The van der Waals surface area contributed by atoms with Crippen molar-refractivity contribution in [3.8, 4) is 22.3 Å². The summed E-state index contributed by atoms with van der Waals surface area (Å²) in [4.78, 5) is 0. The Morgan fingerprint density at radius 3 is 1.98 bits per heavy atom. The number of hydrogen-bond acceptors (Lipinski definition) is 0. The molecule has 2 unspecified atom stereocenters. The molecule has 0 nitrogen and oxygen atoms in total. The molecule has 5 aliphatic rings. The SMILES string of the molecule is CC(C)(C)C1=CC2=CC=C3C(c4ccc5cc(-c6cc7c(c8ccccc68)-c6c(ccc8ccccc68)C7(C)C)ccc5c4)=CC=C4C=CC(=C1)C2C43. The lowest BCUT2D eigenvalue weighted by molar-refractivity contribution is 0.500. The van der Waals surface area contributed by atoms with Gasteiger partial charge in [0.2, 0.25) is 0 Å². The van der Waals surface area contributed by atoms with Crippen molar-refractivity contribution < 1.29 is 0 Å². The second kappa shape index (κ2) is 10.7. The standard InChI is InChI=1S/C53H42/c1-52(2,3)39-28-37-19-14-32-20-23-40(44-24-21-38(29-39)48(37)49(32)44)35-17-15-34-27-36(18-16-33(34)26-35)45-30-47-51(43-13-9-8-12-42(43)45)50-41-11-7-6-10-31(41)22-25-46(50)53(47,4)5/h6-30,48-49H,1-5H3. The minimum absolute atomic E-state index is 0.0987. The molecule has 0 N–H and O–H groups in total. The zero-order valence-electron chi connectivity index (χ0n) is 31.1. The second-order valence-electron chi connectivity index (χ2n) is 17.3. The molecule has 0 aliphatic heterocycles. The van der Waals surface area contributed by atoms with E-state index in [2.05, 4.69) is 186 Å². The highest BCUT2D eigenvalue weighted by molar-refractivity contribution is 6.14. The van der Waals surface area contributed by atoms with Crippen LogP contribution in [0.25, 0.3) is 60.1 Å². The smallest absolute Gasteiger partial charge is 0.0205 e. The van der Waals surface area contributed by atoms with Gasteiger partial charge in [0.1, 0.15) is 0 Å². The highest BCUT2D eigenvalue weighted by Crippen LogP contribution is 2.56. The molecule has 0 aromatic heterocycles. The first-order valence-corrected chi connectivity index (χ1v) is 19.2. The van der Waals surface area contributed by atoms with Crippen molar-refractivity contribution in [1.82, 2.24) is 0 Å². The molecule has 0 heterocycles. The van der Waals surface area contributed by atoms with Gasteiger partial charge in [0.25, 0.3) is 0 Å². The van der Waals surface area contributed by atoms with Crippen molar-refractivity contribution in [1.29, 1.82) is 0 Å². The van der Waals surface area contributed by atoms with E-state index in [9.17, 15) is 0 Å². The molecule has 2 atom stereocenters. The predicted octanol–water partition coefficient (Wildman–Crippen LogP) is 14.0. The maximum absolute atomic E-state index is 2.50. The van der Waals surface area contributed by atoms with E-state index in [-0.39, 0.29) is 10.8 Å². The molecule has 0 heteroatoms. The molecule has 53 heavy (non-hydrogen) atoms. The molecule has 11 rings (SSSR count). The highest BCUT2D eigenvalue weighted by Gasteiger charge is 2.41. The number of allylic oxidation sites excluding steroid dienone is 14. The van der Waals surface area contributed by atoms with Gasteiger partial charge in [-0.1, -0.05) is 168 Å². The van der Waals surface area contributed by atoms with Crippen molar-refractivity contribution in [2.24, 2.45) is 17.3 Å². The molecule has 0 fully saturated rings. The van der Waals surface area contributed by atoms with Gasteiger partial charge in [-0.15, -0.1) is 0 Å². The van der Waals surface area contributed by atoms with E-state index < -0.39 is 0 Å². The van der Waals surface area contributed by atoms with Gasteiger partial charge in [0.05, 0.1) is 0 Å². The zero-order valence-corrected chi connectivity index (χ0v) is 31.1. The Morgan fingerprint density at radius 1 is 0.509 bits per heavy atom. The number of rotatable bonds is 2. The first-order chi connectivity index (χ1) is 25.6. The Labute approximate surface area is 312 Å². The number of fused-ring (bicyclic) bond motifs is 8. The molecule has 0 saturated heterocycles. The highest BCUT2D eigenvalue weighted by atomic mass is 14.4. The lowest BCUT2D eigenvalue weighted by Crippen LogP contribution is -2.30. The third-order valence-electron chi connectivity index (χ3n) is 13.0. The third kappa shape index (κ3) is 4.36. The fraction of sp³-hybridized carbons (Fsp3) is 0.170. The summed E-state index contributed by atoms with van der Waals surface area (Å²) in [5.41, 5.74) is 18.1. The maximum Gasteiger partial charge on any atom is 0.0205 e. The van der Waals surface area contributed by atoms with Crippen LogP contribution in [-0.2, 0) is 5.41 Å². The van der Waals surface area contributed by atoms with E-state index >= 15 is 0 Å². The summed E-state index contributed by atoms with van der Waals surface area (Å²) in [5.74, 6) is 0.756. The molecule has 0 spiro atoms. The molecule has 0 amide bonds. The van der Waals surface area contributed by atoms with Crippen LogP contribution in [0.3, 0.4) is 0 Å². The van der Waals surface area contributed by atoms with E-state index in [0.29, 0.717) is 11.8 Å². The fourth-order valence-electron chi connectivity index (χ4n) is 10.2. The molecule has 254 valence electrons. The molecule has 6 aromatic rings. The van der Waals surface area contributed by atoms with Crippen LogP contribution in [-0.4, -0.2) is 0 Å². The maximum atomic E-state index is 2.50. The van der Waals surface area contributed by atoms with Crippen LogP contribution in [0, 0.1) is 17.3 Å². The Hall–Kier alpha value is -5.72. The Balaban J connectivity index is 1.01. The monoisotopic (exact) mass is 678 g/mol. The molecule has 0 radical (unpaired) electrons. The van der Waals surface area contributed by atoms with Gasteiger partial charge in [-0.2, -0.15) is 0 Å². The van der Waals surface area contributed by atoms with Gasteiger partial charge in [-0.25, -0.2) is 0 Å².